The van der Waals surface area contributed by atoms with Gasteiger partial charge in [0.2, 0.25) is 11.7 Å². The highest BCUT2D eigenvalue weighted by molar-refractivity contribution is 7.99. The van der Waals surface area contributed by atoms with E-state index in [1.54, 1.807) is 11.8 Å². The Bertz CT molecular complexity index is 430. The Morgan fingerprint density at radius 3 is 3.06 bits per heavy atom. The van der Waals surface area contributed by atoms with Crippen LogP contribution >= 0.6 is 11.8 Å². The van der Waals surface area contributed by atoms with E-state index in [9.17, 15) is 4.79 Å². The average molecular weight is 270 g/mol. The summed E-state index contributed by atoms with van der Waals surface area (Å²) in [5.74, 6) is 2.42. The fourth-order valence-electron chi connectivity index (χ4n) is 2.01. The molecule has 3 rings (SSSR count). The third-order valence-electron chi connectivity index (χ3n) is 3.03. The lowest BCUT2D eigenvalue weighted by atomic mass is 10.0. The molecule has 2 unspecified atom stereocenters. The van der Waals surface area contributed by atoms with E-state index in [1.807, 2.05) is 0 Å². The molecule has 0 aliphatic carbocycles. The first kappa shape index (κ1) is 12.1. The molecule has 2 aliphatic rings. The number of Topliss-reactive ketones (excluding diaryl/α,β-unsaturated/α-hetero) is 1. The van der Waals surface area contributed by atoms with Crippen LogP contribution in [0.2, 0.25) is 0 Å². The maximum Gasteiger partial charge on any atom is 0.239 e. The lowest BCUT2D eigenvalue weighted by molar-refractivity contribution is -0.127. The van der Waals surface area contributed by atoms with Crippen LogP contribution in [-0.4, -0.2) is 47.3 Å². The topological polar surface area (TPSA) is 74.5 Å². The van der Waals surface area contributed by atoms with Crippen molar-refractivity contribution in [3.63, 3.8) is 0 Å². The molecule has 0 radical (unpaired) electrons. The number of hydrogen-bond donors (Lipinski definition) is 0. The third kappa shape index (κ3) is 2.43. The summed E-state index contributed by atoms with van der Waals surface area (Å²) in [7, 11) is 0. The number of carbonyl (C=O) groups excluding carboxylic acids is 1. The van der Waals surface area contributed by atoms with E-state index in [0.29, 0.717) is 38.0 Å². The largest absolute Gasteiger partial charge is 0.380 e. The Balaban J connectivity index is 1.73. The van der Waals surface area contributed by atoms with Crippen LogP contribution in [0, 0.1) is 0 Å². The van der Waals surface area contributed by atoms with Crippen molar-refractivity contribution in [2.24, 2.45) is 0 Å². The quantitative estimate of drug-likeness (QED) is 0.791. The van der Waals surface area contributed by atoms with Gasteiger partial charge in [-0.15, -0.1) is 0 Å². The van der Waals surface area contributed by atoms with Gasteiger partial charge in [-0.25, -0.2) is 0 Å². The van der Waals surface area contributed by atoms with E-state index < -0.39 is 5.92 Å². The Morgan fingerprint density at radius 1 is 1.33 bits per heavy atom. The van der Waals surface area contributed by atoms with Crippen molar-refractivity contribution in [2.45, 2.75) is 18.4 Å². The molecule has 0 saturated carbocycles. The molecule has 1 aromatic rings. The highest BCUT2D eigenvalue weighted by Crippen LogP contribution is 2.27. The zero-order valence-corrected chi connectivity index (χ0v) is 10.6. The Hall–Kier alpha value is -0.920. The molecule has 7 heteroatoms. The predicted octanol–water partition coefficient (Wildman–Crippen LogP) is 0.947. The maximum atomic E-state index is 11.7. The summed E-state index contributed by atoms with van der Waals surface area (Å²) in [5, 5.41) is 3.92. The molecule has 0 spiro atoms. The summed E-state index contributed by atoms with van der Waals surface area (Å²) in [6.07, 6.45) is 0.291. The molecule has 98 valence electrons. The molecule has 0 bridgehead atoms. The van der Waals surface area contributed by atoms with E-state index >= 15 is 0 Å². The third-order valence-corrected chi connectivity index (χ3v) is 4.02. The van der Waals surface area contributed by atoms with Gasteiger partial charge in [0.05, 0.1) is 19.8 Å². The highest BCUT2D eigenvalue weighted by atomic mass is 32.2. The fourth-order valence-corrected chi connectivity index (χ4v) is 2.85. The molecule has 0 N–H and O–H groups in total. The van der Waals surface area contributed by atoms with E-state index in [4.69, 9.17) is 14.0 Å². The minimum atomic E-state index is -0.406. The average Bonchev–Trinajstić information content (AvgIpc) is 2.90. The molecule has 2 saturated heterocycles. The van der Waals surface area contributed by atoms with Gasteiger partial charge in [-0.3, -0.25) is 4.79 Å². The van der Waals surface area contributed by atoms with Gasteiger partial charge in [0.15, 0.2) is 0 Å². The molecule has 6 nitrogen and oxygen atoms in total. The maximum absolute atomic E-state index is 11.7. The second-order valence-electron chi connectivity index (χ2n) is 4.27. The minimum Gasteiger partial charge on any atom is -0.380 e. The highest BCUT2D eigenvalue weighted by Gasteiger charge is 2.31. The van der Waals surface area contributed by atoms with Gasteiger partial charge in [-0.2, -0.15) is 16.7 Å². The van der Waals surface area contributed by atoms with Crippen molar-refractivity contribution in [1.29, 1.82) is 0 Å². The van der Waals surface area contributed by atoms with Crippen molar-refractivity contribution in [1.82, 2.24) is 10.1 Å². The number of thioether (sulfide) groups is 1. The summed E-state index contributed by atoms with van der Waals surface area (Å²) < 4.78 is 16.0. The molecular weight excluding hydrogens is 256 g/mol. The molecule has 0 aromatic carbocycles. The summed E-state index contributed by atoms with van der Waals surface area (Å²) in [5.41, 5.74) is 0. The molecule has 2 atom stereocenters. The number of hydrogen-bond acceptors (Lipinski definition) is 7. The van der Waals surface area contributed by atoms with Crippen LogP contribution in [0.15, 0.2) is 4.52 Å². The van der Waals surface area contributed by atoms with Gasteiger partial charge < -0.3 is 14.0 Å². The number of aromatic nitrogens is 2. The zero-order chi connectivity index (χ0) is 12.4. The Kier molecular flexibility index (Phi) is 3.62. The molecule has 2 fully saturated rings. The summed E-state index contributed by atoms with van der Waals surface area (Å²) in [6, 6.07) is 0. The Morgan fingerprint density at radius 2 is 2.28 bits per heavy atom. The SMILES string of the molecule is O=C1CCOCC1c1nc(C2CSCCO2)no1. The first-order chi connectivity index (χ1) is 8.84. The number of ketones is 1. The first-order valence-corrected chi connectivity index (χ1v) is 7.13. The van der Waals surface area contributed by atoms with Crippen LogP contribution in [0.1, 0.15) is 30.2 Å². The van der Waals surface area contributed by atoms with E-state index in [2.05, 4.69) is 10.1 Å². The van der Waals surface area contributed by atoms with Crippen LogP contribution < -0.4 is 0 Å². The Labute approximate surface area is 108 Å². The molecule has 1 aromatic heterocycles. The van der Waals surface area contributed by atoms with Crippen LogP contribution in [0.4, 0.5) is 0 Å². The summed E-state index contributed by atoms with van der Waals surface area (Å²) >= 11 is 1.80. The molecular formula is C11H14N2O4S. The van der Waals surface area contributed by atoms with E-state index in [-0.39, 0.29) is 11.9 Å². The van der Waals surface area contributed by atoms with Crippen molar-refractivity contribution in [3.8, 4) is 0 Å². The summed E-state index contributed by atoms with van der Waals surface area (Å²) in [6.45, 7) is 1.52. The number of carbonyl (C=O) groups is 1. The second-order valence-corrected chi connectivity index (χ2v) is 5.42. The lowest BCUT2D eigenvalue weighted by Crippen LogP contribution is -2.26. The van der Waals surface area contributed by atoms with Crippen molar-refractivity contribution < 1.29 is 18.8 Å². The van der Waals surface area contributed by atoms with Crippen LogP contribution in [0.25, 0.3) is 0 Å². The van der Waals surface area contributed by atoms with Crippen molar-refractivity contribution in [3.05, 3.63) is 11.7 Å². The van der Waals surface area contributed by atoms with Gasteiger partial charge in [-0.05, 0) is 0 Å². The standard InChI is InChI=1S/C11H14N2O4S/c14-8-1-2-15-5-7(8)11-12-10(13-17-11)9-6-18-4-3-16-9/h7,9H,1-6H2. The monoisotopic (exact) mass is 270 g/mol. The second kappa shape index (κ2) is 5.38. The number of ether oxygens (including phenoxy) is 2. The number of nitrogens with zero attached hydrogens (tertiary/aromatic N) is 2. The van der Waals surface area contributed by atoms with E-state index in [0.717, 1.165) is 11.5 Å². The predicted molar refractivity (Wildman–Crippen MR) is 63.5 cm³/mol. The first-order valence-electron chi connectivity index (χ1n) is 5.98. The smallest absolute Gasteiger partial charge is 0.239 e. The van der Waals surface area contributed by atoms with Crippen molar-refractivity contribution in [2.75, 3.05) is 31.3 Å². The number of rotatable bonds is 2. The van der Waals surface area contributed by atoms with Crippen LogP contribution in [-0.2, 0) is 14.3 Å². The molecule has 0 amide bonds. The van der Waals surface area contributed by atoms with Gasteiger partial charge >= 0.3 is 0 Å². The normalized spacial score (nSPS) is 29.4. The summed E-state index contributed by atoms with van der Waals surface area (Å²) in [4.78, 5) is 16.0. The van der Waals surface area contributed by atoms with Crippen LogP contribution in [0.5, 0.6) is 0 Å². The fraction of sp³-hybridized carbons (Fsp3) is 0.727. The van der Waals surface area contributed by atoms with Gasteiger partial charge in [-0.1, -0.05) is 5.16 Å². The van der Waals surface area contributed by atoms with Crippen molar-refractivity contribution >= 4 is 17.5 Å². The van der Waals surface area contributed by atoms with E-state index in [1.165, 1.54) is 0 Å². The van der Waals surface area contributed by atoms with Gasteiger partial charge in [0, 0.05) is 17.9 Å². The van der Waals surface area contributed by atoms with Crippen LogP contribution in [0.3, 0.4) is 0 Å². The molecule has 2 aliphatic heterocycles. The molecule has 18 heavy (non-hydrogen) atoms. The minimum absolute atomic E-state index is 0.107. The van der Waals surface area contributed by atoms with Gasteiger partial charge in [0.25, 0.3) is 0 Å². The lowest BCUT2D eigenvalue weighted by Gasteiger charge is -2.19. The zero-order valence-electron chi connectivity index (χ0n) is 9.83. The molecule has 3 heterocycles. The van der Waals surface area contributed by atoms with Gasteiger partial charge in [0.1, 0.15) is 17.8 Å².